The molecule has 26 heavy (non-hydrogen) atoms. The zero-order valence-corrected chi connectivity index (χ0v) is 13.8. The SMILES string of the molecule is O=C(Nc1ccccc1)c1ccccc1-n1cnc2ccccc2c1=O. The van der Waals surface area contributed by atoms with Crippen LogP contribution >= 0.6 is 0 Å². The Hall–Kier alpha value is -3.73. The quantitative estimate of drug-likeness (QED) is 0.619. The summed E-state index contributed by atoms with van der Waals surface area (Å²) in [6.45, 7) is 0. The third-order valence-electron chi connectivity index (χ3n) is 4.11. The van der Waals surface area contributed by atoms with Gasteiger partial charge in [0.25, 0.3) is 11.5 Å². The van der Waals surface area contributed by atoms with Crippen LogP contribution in [-0.4, -0.2) is 15.5 Å². The molecular weight excluding hydrogens is 326 g/mol. The van der Waals surface area contributed by atoms with Crippen LogP contribution in [0.1, 0.15) is 10.4 Å². The molecule has 0 bridgehead atoms. The van der Waals surface area contributed by atoms with Gasteiger partial charge in [-0.1, -0.05) is 42.5 Å². The van der Waals surface area contributed by atoms with Crippen LogP contribution in [0.5, 0.6) is 0 Å². The van der Waals surface area contributed by atoms with Crippen molar-refractivity contribution in [3.05, 3.63) is 101 Å². The molecule has 0 atom stereocenters. The number of hydrogen-bond donors (Lipinski definition) is 1. The molecule has 0 aliphatic carbocycles. The van der Waals surface area contributed by atoms with Gasteiger partial charge < -0.3 is 5.32 Å². The van der Waals surface area contributed by atoms with E-state index in [4.69, 9.17) is 0 Å². The molecular formula is C21H15N3O2. The zero-order valence-electron chi connectivity index (χ0n) is 13.8. The number of nitrogens with zero attached hydrogens (tertiary/aromatic N) is 2. The Labute approximate surface area is 149 Å². The van der Waals surface area contributed by atoms with E-state index >= 15 is 0 Å². The van der Waals surface area contributed by atoms with E-state index in [9.17, 15) is 9.59 Å². The molecule has 0 aliphatic heterocycles. The van der Waals surface area contributed by atoms with Crippen LogP contribution in [0, 0.1) is 0 Å². The summed E-state index contributed by atoms with van der Waals surface area (Å²) in [7, 11) is 0. The van der Waals surface area contributed by atoms with E-state index in [-0.39, 0.29) is 11.5 Å². The lowest BCUT2D eigenvalue weighted by molar-refractivity contribution is 0.102. The molecule has 0 radical (unpaired) electrons. The second-order valence-corrected chi connectivity index (χ2v) is 5.77. The van der Waals surface area contributed by atoms with Gasteiger partial charge in [0.05, 0.1) is 22.2 Å². The van der Waals surface area contributed by atoms with E-state index in [2.05, 4.69) is 10.3 Å². The maximum absolute atomic E-state index is 12.9. The van der Waals surface area contributed by atoms with Crippen molar-refractivity contribution in [1.82, 2.24) is 9.55 Å². The van der Waals surface area contributed by atoms with Crippen LogP contribution in [0.2, 0.25) is 0 Å². The second-order valence-electron chi connectivity index (χ2n) is 5.77. The number of nitrogens with one attached hydrogen (secondary N) is 1. The number of anilines is 1. The first-order chi connectivity index (χ1) is 12.7. The molecule has 1 aromatic heterocycles. The number of amides is 1. The van der Waals surface area contributed by atoms with Gasteiger partial charge in [-0.2, -0.15) is 0 Å². The largest absolute Gasteiger partial charge is 0.322 e. The number of hydrogen-bond acceptors (Lipinski definition) is 3. The van der Waals surface area contributed by atoms with Crippen molar-refractivity contribution >= 4 is 22.5 Å². The Kier molecular flexibility index (Phi) is 4.03. The molecule has 0 unspecified atom stereocenters. The van der Waals surface area contributed by atoms with Gasteiger partial charge >= 0.3 is 0 Å². The highest BCUT2D eigenvalue weighted by Crippen LogP contribution is 2.16. The molecule has 4 aromatic rings. The monoisotopic (exact) mass is 341 g/mol. The lowest BCUT2D eigenvalue weighted by Crippen LogP contribution is -2.22. The van der Waals surface area contributed by atoms with Crippen LogP contribution in [0.25, 0.3) is 16.6 Å². The Balaban J connectivity index is 1.80. The molecule has 1 amide bonds. The van der Waals surface area contributed by atoms with E-state index in [0.717, 1.165) is 0 Å². The highest BCUT2D eigenvalue weighted by molar-refractivity contribution is 6.06. The number of carbonyl (C=O) groups excluding carboxylic acids is 1. The fourth-order valence-corrected chi connectivity index (χ4v) is 2.84. The Morgan fingerprint density at radius 1 is 0.846 bits per heavy atom. The van der Waals surface area contributed by atoms with Gasteiger partial charge in [-0.3, -0.25) is 14.2 Å². The van der Waals surface area contributed by atoms with Gasteiger partial charge in [-0.05, 0) is 36.4 Å². The minimum atomic E-state index is -0.285. The molecule has 0 saturated heterocycles. The van der Waals surface area contributed by atoms with Crippen molar-refractivity contribution in [2.75, 3.05) is 5.32 Å². The fraction of sp³-hybridized carbons (Fsp3) is 0. The van der Waals surface area contributed by atoms with Crippen LogP contribution in [0.4, 0.5) is 5.69 Å². The van der Waals surface area contributed by atoms with Crippen molar-refractivity contribution in [3.8, 4) is 5.69 Å². The first kappa shape index (κ1) is 15.8. The third-order valence-corrected chi connectivity index (χ3v) is 4.11. The number of benzene rings is 3. The highest BCUT2D eigenvalue weighted by Gasteiger charge is 2.14. The zero-order chi connectivity index (χ0) is 17.9. The summed E-state index contributed by atoms with van der Waals surface area (Å²) in [5, 5.41) is 3.36. The lowest BCUT2D eigenvalue weighted by atomic mass is 10.1. The van der Waals surface area contributed by atoms with Crippen molar-refractivity contribution in [2.24, 2.45) is 0 Å². The average molecular weight is 341 g/mol. The van der Waals surface area contributed by atoms with Gasteiger partial charge in [0.1, 0.15) is 6.33 Å². The third kappa shape index (κ3) is 2.86. The maximum Gasteiger partial charge on any atom is 0.265 e. The summed E-state index contributed by atoms with van der Waals surface area (Å²) >= 11 is 0. The summed E-state index contributed by atoms with van der Waals surface area (Å²) in [5.41, 5.74) is 1.99. The topological polar surface area (TPSA) is 64.0 Å². The number of para-hydroxylation sites is 3. The normalized spacial score (nSPS) is 10.6. The first-order valence-corrected chi connectivity index (χ1v) is 8.16. The summed E-state index contributed by atoms with van der Waals surface area (Å²) < 4.78 is 1.40. The van der Waals surface area contributed by atoms with Gasteiger partial charge in [-0.25, -0.2) is 4.98 Å². The molecule has 0 fully saturated rings. The van der Waals surface area contributed by atoms with Crippen molar-refractivity contribution in [2.45, 2.75) is 0 Å². The molecule has 1 N–H and O–H groups in total. The Bertz CT molecular complexity index is 1150. The van der Waals surface area contributed by atoms with Crippen LogP contribution in [0.3, 0.4) is 0 Å². The minimum absolute atomic E-state index is 0.212. The second kappa shape index (κ2) is 6.64. The first-order valence-electron chi connectivity index (χ1n) is 8.16. The van der Waals surface area contributed by atoms with Gasteiger partial charge in [-0.15, -0.1) is 0 Å². The smallest absolute Gasteiger partial charge is 0.265 e. The predicted molar refractivity (Wildman–Crippen MR) is 102 cm³/mol. The van der Waals surface area contributed by atoms with E-state index in [1.807, 2.05) is 36.4 Å². The van der Waals surface area contributed by atoms with Crippen LogP contribution in [0.15, 0.2) is 90.0 Å². The molecule has 1 heterocycles. The molecule has 0 spiro atoms. The fourth-order valence-electron chi connectivity index (χ4n) is 2.84. The predicted octanol–water partition coefficient (Wildman–Crippen LogP) is 3.64. The number of carbonyl (C=O) groups is 1. The summed E-state index contributed by atoms with van der Waals surface area (Å²) in [5.74, 6) is -0.285. The van der Waals surface area contributed by atoms with Crippen molar-refractivity contribution in [1.29, 1.82) is 0 Å². The average Bonchev–Trinajstić information content (AvgIpc) is 2.69. The van der Waals surface area contributed by atoms with E-state index < -0.39 is 0 Å². The summed E-state index contributed by atoms with van der Waals surface area (Å²) in [4.78, 5) is 29.9. The molecule has 0 saturated carbocycles. The number of fused-ring (bicyclic) bond motifs is 1. The molecule has 126 valence electrons. The van der Waals surface area contributed by atoms with Gasteiger partial charge in [0.15, 0.2) is 0 Å². The molecule has 0 aliphatic rings. The lowest BCUT2D eigenvalue weighted by Gasteiger charge is -2.12. The van der Waals surface area contributed by atoms with Gasteiger partial charge in [0, 0.05) is 5.69 Å². The molecule has 5 heteroatoms. The Morgan fingerprint density at radius 2 is 1.54 bits per heavy atom. The van der Waals surface area contributed by atoms with Gasteiger partial charge in [0.2, 0.25) is 0 Å². The minimum Gasteiger partial charge on any atom is -0.322 e. The molecule has 4 rings (SSSR count). The molecule has 3 aromatic carbocycles. The summed E-state index contributed by atoms with van der Waals surface area (Å²) in [6.07, 6.45) is 1.46. The van der Waals surface area contributed by atoms with Crippen molar-refractivity contribution in [3.63, 3.8) is 0 Å². The van der Waals surface area contributed by atoms with Crippen LogP contribution in [-0.2, 0) is 0 Å². The number of rotatable bonds is 3. The summed E-state index contributed by atoms with van der Waals surface area (Å²) in [6, 6.07) is 23.3. The van der Waals surface area contributed by atoms with E-state index in [0.29, 0.717) is 27.8 Å². The van der Waals surface area contributed by atoms with Crippen LogP contribution < -0.4 is 10.9 Å². The van der Waals surface area contributed by atoms with E-state index in [1.165, 1.54) is 10.9 Å². The number of aromatic nitrogens is 2. The Morgan fingerprint density at radius 3 is 2.38 bits per heavy atom. The standard InChI is InChI=1S/C21H15N3O2/c25-20(23-15-8-2-1-3-9-15)17-11-5-7-13-19(17)24-14-22-18-12-6-4-10-16(18)21(24)26/h1-14H,(H,23,25). The van der Waals surface area contributed by atoms with E-state index in [1.54, 1.807) is 42.5 Å². The van der Waals surface area contributed by atoms with Crippen molar-refractivity contribution < 1.29 is 4.79 Å². The maximum atomic E-state index is 12.9. The molecule has 5 nitrogen and oxygen atoms in total. The highest BCUT2D eigenvalue weighted by atomic mass is 16.2.